The van der Waals surface area contributed by atoms with Crippen LogP contribution in [0.2, 0.25) is 5.02 Å². The molecule has 0 atom stereocenters. The highest BCUT2D eigenvalue weighted by Crippen LogP contribution is 2.30. The van der Waals surface area contributed by atoms with Crippen molar-refractivity contribution in [2.45, 2.75) is 31.6 Å². The van der Waals surface area contributed by atoms with Gasteiger partial charge in [-0.3, -0.25) is 19.2 Å². The van der Waals surface area contributed by atoms with Crippen LogP contribution >= 0.6 is 11.6 Å². The molecular formula is C18H17ClN2O4S. The summed E-state index contributed by atoms with van der Waals surface area (Å²) in [6.07, 6.45) is 0.345. The fourth-order valence-electron chi connectivity index (χ4n) is 2.88. The molecule has 26 heavy (non-hydrogen) atoms. The number of sulfonamides is 1. The molecule has 1 aliphatic heterocycles. The number of carbonyl (C=O) groups excluding carboxylic acids is 2. The van der Waals surface area contributed by atoms with E-state index in [1.54, 1.807) is 13.0 Å². The summed E-state index contributed by atoms with van der Waals surface area (Å²) < 4.78 is 27.8. The molecular weight excluding hydrogens is 376 g/mol. The molecule has 0 spiro atoms. The zero-order valence-electron chi connectivity index (χ0n) is 14.2. The Bertz CT molecular complexity index is 961. The van der Waals surface area contributed by atoms with Gasteiger partial charge >= 0.3 is 0 Å². The molecule has 0 aliphatic carbocycles. The Morgan fingerprint density at radius 1 is 1.00 bits per heavy atom. The minimum Gasteiger partial charge on any atom is -0.278 e. The van der Waals surface area contributed by atoms with Gasteiger partial charge in [-0.1, -0.05) is 17.7 Å². The van der Waals surface area contributed by atoms with E-state index >= 15 is 0 Å². The molecule has 0 aromatic heterocycles. The maximum Gasteiger partial charge on any atom is 0.261 e. The molecule has 0 saturated carbocycles. The fourth-order valence-corrected chi connectivity index (χ4v) is 4.45. The van der Waals surface area contributed by atoms with Crippen molar-refractivity contribution < 1.29 is 18.0 Å². The number of hydrogen-bond donors (Lipinski definition) is 1. The number of imide groups is 1. The van der Waals surface area contributed by atoms with Crippen LogP contribution in [-0.2, 0) is 19.6 Å². The van der Waals surface area contributed by atoms with Crippen LogP contribution < -0.4 is 9.62 Å². The van der Waals surface area contributed by atoms with Crippen LogP contribution in [0.4, 0.5) is 11.4 Å². The third-order valence-electron chi connectivity index (χ3n) is 4.12. The van der Waals surface area contributed by atoms with Gasteiger partial charge in [-0.25, -0.2) is 8.42 Å². The lowest BCUT2D eigenvalue weighted by atomic mass is 10.1. The first-order valence-corrected chi connectivity index (χ1v) is 9.80. The number of rotatable bonds is 4. The number of amides is 2. The standard InChI is InChI=1S/C18H17ClN2O4S/c1-11-9-12(2)18(15(19)10-11)20-26(24,25)14-5-3-13(4-6-14)21-16(22)7-8-17(21)23/h3-6,9-10,20H,7-8H2,1-2H3. The molecule has 3 rings (SSSR count). The number of hydrogen-bond acceptors (Lipinski definition) is 4. The second kappa shape index (κ2) is 6.74. The fraction of sp³-hybridized carbons (Fsp3) is 0.222. The first-order chi connectivity index (χ1) is 12.2. The van der Waals surface area contributed by atoms with Crippen LogP contribution in [0.5, 0.6) is 0 Å². The predicted octanol–water partition coefficient (Wildman–Crippen LogP) is 3.41. The molecule has 2 aromatic rings. The Morgan fingerprint density at radius 3 is 2.12 bits per heavy atom. The van der Waals surface area contributed by atoms with Crippen LogP contribution in [0.15, 0.2) is 41.3 Å². The molecule has 2 aromatic carbocycles. The highest BCUT2D eigenvalue weighted by molar-refractivity contribution is 7.92. The van der Waals surface area contributed by atoms with Gasteiger partial charge in [-0.05, 0) is 55.3 Å². The minimum absolute atomic E-state index is 0.0105. The number of benzene rings is 2. The van der Waals surface area contributed by atoms with E-state index in [2.05, 4.69) is 4.72 Å². The van der Waals surface area contributed by atoms with Crippen LogP contribution in [0.1, 0.15) is 24.0 Å². The molecule has 6 nitrogen and oxygen atoms in total. The zero-order chi connectivity index (χ0) is 19.1. The van der Waals surface area contributed by atoms with E-state index in [-0.39, 0.29) is 29.6 Å². The van der Waals surface area contributed by atoms with E-state index < -0.39 is 10.0 Å². The smallest absolute Gasteiger partial charge is 0.261 e. The van der Waals surface area contributed by atoms with E-state index in [1.165, 1.54) is 24.3 Å². The van der Waals surface area contributed by atoms with Crippen molar-refractivity contribution in [3.63, 3.8) is 0 Å². The average molecular weight is 393 g/mol. The quantitative estimate of drug-likeness (QED) is 0.808. The molecule has 1 saturated heterocycles. The van der Waals surface area contributed by atoms with Gasteiger partial charge in [0.2, 0.25) is 11.8 Å². The number of nitrogens with zero attached hydrogens (tertiary/aromatic N) is 1. The van der Waals surface area contributed by atoms with E-state index in [4.69, 9.17) is 11.6 Å². The molecule has 136 valence electrons. The van der Waals surface area contributed by atoms with Gasteiger partial charge in [-0.2, -0.15) is 0 Å². The summed E-state index contributed by atoms with van der Waals surface area (Å²) in [6.45, 7) is 3.64. The summed E-state index contributed by atoms with van der Waals surface area (Å²) in [4.78, 5) is 24.6. The van der Waals surface area contributed by atoms with Gasteiger partial charge in [0.1, 0.15) is 0 Å². The maximum atomic E-state index is 12.6. The van der Waals surface area contributed by atoms with E-state index in [9.17, 15) is 18.0 Å². The number of halogens is 1. The van der Waals surface area contributed by atoms with Gasteiger partial charge in [0.05, 0.1) is 21.3 Å². The van der Waals surface area contributed by atoms with Crippen molar-refractivity contribution in [3.05, 3.63) is 52.5 Å². The highest BCUT2D eigenvalue weighted by atomic mass is 35.5. The summed E-state index contributed by atoms with van der Waals surface area (Å²) >= 11 is 6.16. The summed E-state index contributed by atoms with van der Waals surface area (Å²) in [6, 6.07) is 9.11. The third-order valence-corrected chi connectivity index (χ3v) is 5.79. The van der Waals surface area contributed by atoms with Gasteiger partial charge < -0.3 is 0 Å². The largest absolute Gasteiger partial charge is 0.278 e. The van der Waals surface area contributed by atoms with Crippen molar-refractivity contribution in [1.82, 2.24) is 0 Å². The van der Waals surface area contributed by atoms with E-state index in [0.717, 1.165) is 10.5 Å². The lowest BCUT2D eigenvalue weighted by Crippen LogP contribution is -2.28. The number of carbonyl (C=O) groups is 2. The molecule has 1 N–H and O–H groups in total. The van der Waals surface area contributed by atoms with Gasteiger partial charge in [0.25, 0.3) is 10.0 Å². The van der Waals surface area contributed by atoms with Crippen LogP contribution in [0.25, 0.3) is 0 Å². The lowest BCUT2D eigenvalue weighted by Gasteiger charge is -2.16. The zero-order valence-corrected chi connectivity index (χ0v) is 15.8. The van der Waals surface area contributed by atoms with Crippen LogP contribution in [0, 0.1) is 13.8 Å². The Morgan fingerprint density at radius 2 is 1.58 bits per heavy atom. The first-order valence-electron chi connectivity index (χ1n) is 7.94. The van der Waals surface area contributed by atoms with Crippen molar-refractivity contribution >= 4 is 44.8 Å². The van der Waals surface area contributed by atoms with Crippen molar-refractivity contribution in [2.75, 3.05) is 9.62 Å². The van der Waals surface area contributed by atoms with Crippen molar-refractivity contribution in [3.8, 4) is 0 Å². The molecule has 0 bridgehead atoms. The molecule has 1 heterocycles. The summed E-state index contributed by atoms with van der Waals surface area (Å²) in [5.74, 6) is -0.573. The van der Waals surface area contributed by atoms with Crippen molar-refractivity contribution in [1.29, 1.82) is 0 Å². The van der Waals surface area contributed by atoms with Gasteiger partial charge in [0.15, 0.2) is 0 Å². The van der Waals surface area contributed by atoms with Crippen LogP contribution in [-0.4, -0.2) is 20.2 Å². The first kappa shape index (κ1) is 18.4. The van der Waals surface area contributed by atoms with E-state index in [1.807, 2.05) is 13.0 Å². The molecule has 0 radical (unpaired) electrons. The van der Waals surface area contributed by atoms with Crippen molar-refractivity contribution in [2.24, 2.45) is 0 Å². The minimum atomic E-state index is -3.86. The monoisotopic (exact) mass is 392 g/mol. The number of nitrogens with one attached hydrogen (secondary N) is 1. The van der Waals surface area contributed by atoms with E-state index in [0.29, 0.717) is 22.0 Å². The normalized spacial score (nSPS) is 14.8. The molecule has 1 fully saturated rings. The summed E-state index contributed by atoms with van der Waals surface area (Å²) in [5, 5.41) is 0.316. The number of anilines is 2. The Kier molecular flexibility index (Phi) is 4.77. The number of aryl methyl sites for hydroxylation is 2. The van der Waals surface area contributed by atoms with Gasteiger partial charge in [-0.15, -0.1) is 0 Å². The second-order valence-electron chi connectivity index (χ2n) is 6.16. The average Bonchev–Trinajstić information content (AvgIpc) is 2.90. The molecule has 0 unspecified atom stereocenters. The SMILES string of the molecule is Cc1cc(C)c(NS(=O)(=O)c2ccc(N3C(=O)CCC3=O)cc2)c(Cl)c1. The third kappa shape index (κ3) is 3.45. The Hall–Kier alpha value is -2.38. The molecule has 1 aliphatic rings. The lowest BCUT2D eigenvalue weighted by molar-refractivity contribution is -0.121. The Balaban J connectivity index is 1.89. The second-order valence-corrected chi connectivity index (χ2v) is 8.25. The van der Waals surface area contributed by atoms with Gasteiger partial charge in [0, 0.05) is 12.8 Å². The molecule has 2 amide bonds. The summed E-state index contributed by atoms with van der Waals surface area (Å²) in [7, 11) is -3.86. The maximum absolute atomic E-state index is 12.6. The van der Waals surface area contributed by atoms with Crippen LogP contribution in [0.3, 0.4) is 0 Å². The Labute approximate surface area is 156 Å². The topological polar surface area (TPSA) is 83.6 Å². The molecule has 8 heteroatoms. The highest BCUT2D eigenvalue weighted by Gasteiger charge is 2.30. The summed E-state index contributed by atoms with van der Waals surface area (Å²) in [5.41, 5.74) is 2.33. The predicted molar refractivity (Wildman–Crippen MR) is 99.9 cm³/mol.